The maximum Gasteiger partial charge on any atom is 0.283 e. The number of thioether (sulfide) groups is 1. The Balaban J connectivity index is 1.63. The second-order valence-electron chi connectivity index (χ2n) is 8.06. The van der Waals surface area contributed by atoms with Crippen LogP contribution in [-0.2, 0) is 0 Å². The van der Waals surface area contributed by atoms with E-state index in [0.29, 0.717) is 36.4 Å². The second kappa shape index (κ2) is 9.45. The van der Waals surface area contributed by atoms with Crippen LogP contribution in [0, 0.1) is 16.0 Å². The van der Waals surface area contributed by atoms with E-state index in [1.165, 1.54) is 17.8 Å². The van der Waals surface area contributed by atoms with Gasteiger partial charge in [0.05, 0.1) is 36.6 Å². The van der Waals surface area contributed by atoms with E-state index in [9.17, 15) is 10.1 Å². The van der Waals surface area contributed by atoms with Crippen molar-refractivity contribution in [3.05, 3.63) is 106 Å². The van der Waals surface area contributed by atoms with Gasteiger partial charge in [-0.1, -0.05) is 94.0 Å². The van der Waals surface area contributed by atoms with Crippen molar-refractivity contribution in [3.8, 4) is 0 Å². The Morgan fingerprint density at radius 1 is 0.941 bits per heavy atom. The summed E-state index contributed by atoms with van der Waals surface area (Å²) in [6.45, 7) is 0. The fourth-order valence-corrected chi connectivity index (χ4v) is 7.33. The van der Waals surface area contributed by atoms with Crippen LogP contribution in [0.15, 0.2) is 69.4 Å². The molecule has 3 aromatic carbocycles. The van der Waals surface area contributed by atoms with E-state index in [1.807, 2.05) is 18.2 Å². The Kier molecular flexibility index (Phi) is 6.70. The summed E-state index contributed by atoms with van der Waals surface area (Å²) >= 11 is 34.2. The normalized spacial score (nSPS) is 21.1. The molecule has 1 N–H and O–H groups in total. The number of anilines is 1. The van der Waals surface area contributed by atoms with Gasteiger partial charge in [-0.15, -0.1) is 0 Å². The first-order chi connectivity index (χ1) is 16.3. The number of hydrogen-bond acceptors (Lipinski definition) is 4. The number of benzene rings is 3. The van der Waals surface area contributed by atoms with Gasteiger partial charge in [0, 0.05) is 26.9 Å². The summed E-state index contributed by atoms with van der Waals surface area (Å²) in [6.07, 6.45) is 0.588. The molecule has 3 unspecified atom stereocenters. The van der Waals surface area contributed by atoms with Gasteiger partial charge in [-0.3, -0.25) is 10.1 Å². The van der Waals surface area contributed by atoms with E-state index >= 15 is 0 Å². The van der Waals surface area contributed by atoms with E-state index in [2.05, 4.69) is 5.32 Å². The zero-order valence-corrected chi connectivity index (χ0v) is 21.8. The summed E-state index contributed by atoms with van der Waals surface area (Å²) in [4.78, 5) is 12.6. The van der Waals surface area contributed by atoms with Crippen molar-refractivity contribution in [3.63, 3.8) is 0 Å². The Morgan fingerprint density at radius 3 is 2.47 bits per heavy atom. The van der Waals surface area contributed by atoms with Gasteiger partial charge in [0.25, 0.3) is 5.69 Å². The van der Waals surface area contributed by atoms with Crippen LogP contribution in [0.25, 0.3) is 0 Å². The Bertz CT molecular complexity index is 1360. The molecular formula is C24H15Cl5N2O2S. The molecule has 0 saturated carbocycles. The van der Waals surface area contributed by atoms with Crippen LogP contribution in [0.3, 0.4) is 0 Å². The fraction of sp³-hybridized carbons (Fsp3) is 0.167. The van der Waals surface area contributed by atoms with Crippen LogP contribution in [0.2, 0.25) is 20.1 Å². The first kappa shape index (κ1) is 24.1. The quantitative estimate of drug-likeness (QED) is 0.250. The second-order valence-corrected chi connectivity index (χ2v) is 11.2. The molecule has 174 valence electrons. The smallest absolute Gasteiger partial charge is 0.283 e. The molecule has 0 amide bonds. The minimum Gasteiger partial charge on any atom is -0.376 e. The predicted molar refractivity (Wildman–Crippen MR) is 142 cm³/mol. The van der Waals surface area contributed by atoms with E-state index < -0.39 is 0 Å². The Morgan fingerprint density at radius 2 is 1.71 bits per heavy atom. The molecule has 1 aliphatic heterocycles. The van der Waals surface area contributed by atoms with Gasteiger partial charge < -0.3 is 5.32 Å². The number of nitrogens with zero attached hydrogens (tertiary/aromatic N) is 1. The van der Waals surface area contributed by atoms with Gasteiger partial charge in [-0.2, -0.15) is 0 Å². The molecule has 10 heteroatoms. The highest BCUT2D eigenvalue weighted by molar-refractivity contribution is 8.03. The summed E-state index contributed by atoms with van der Waals surface area (Å²) in [5, 5.41) is 17.6. The number of allylic oxidation sites excluding steroid dienone is 2. The molecule has 0 spiro atoms. The van der Waals surface area contributed by atoms with Gasteiger partial charge in [-0.25, -0.2) is 0 Å². The summed E-state index contributed by atoms with van der Waals surface area (Å²) < 4.78 is 0. The largest absolute Gasteiger partial charge is 0.376 e. The summed E-state index contributed by atoms with van der Waals surface area (Å²) in [5.41, 5.74) is 2.50. The first-order valence-electron chi connectivity index (χ1n) is 10.3. The number of nitro benzene ring substituents is 1. The van der Waals surface area contributed by atoms with Crippen LogP contribution < -0.4 is 5.32 Å². The monoisotopic (exact) mass is 570 g/mol. The number of nitro groups is 1. The third kappa shape index (κ3) is 4.17. The SMILES string of the molecule is O=[N+]([O-])c1ccccc1SC1=C(Cl)C2c3cc(Cl)cc(Cl)c3NC(c3cccc(Cl)c3Cl)C2C1. The summed E-state index contributed by atoms with van der Waals surface area (Å²) in [6, 6.07) is 15.5. The minimum atomic E-state index is -0.385. The molecule has 0 bridgehead atoms. The molecule has 5 rings (SSSR count). The molecule has 1 heterocycles. The Hall–Kier alpha value is -1.60. The lowest BCUT2D eigenvalue weighted by molar-refractivity contribution is -0.387. The van der Waals surface area contributed by atoms with Crippen molar-refractivity contribution in [2.45, 2.75) is 23.3 Å². The minimum absolute atomic E-state index is 0.0317. The van der Waals surface area contributed by atoms with E-state index in [1.54, 1.807) is 30.3 Å². The first-order valence-corrected chi connectivity index (χ1v) is 13.0. The third-order valence-corrected chi connectivity index (χ3v) is 9.27. The van der Waals surface area contributed by atoms with Crippen molar-refractivity contribution in [2.75, 3.05) is 5.32 Å². The number of para-hydroxylation sites is 1. The zero-order chi connectivity index (χ0) is 24.1. The molecule has 3 atom stereocenters. The van der Waals surface area contributed by atoms with Crippen molar-refractivity contribution < 1.29 is 4.92 Å². The molecule has 1 aliphatic carbocycles. The van der Waals surface area contributed by atoms with Crippen LogP contribution in [0.1, 0.15) is 29.5 Å². The standard InChI is InChI=1S/C24H15Cl5N2O2S/c25-11-8-13-20-14(10-19(22(20)29)34-18-7-2-1-6-17(18)31(32)33)23(30-24(13)16(27)9-11)12-4-3-5-15(26)21(12)28/h1-9,14,20,23,30H,10H2. The molecule has 4 nitrogen and oxygen atoms in total. The lowest BCUT2D eigenvalue weighted by Gasteiger charge is -2.39. The summed E-state index contributed by atoms with van der Waals surface area (Å²) in [5.74, 6) is -0.241. The predicted octanol–water partition coefficient (Wildman–Crippen LogP) is 9.72. The molecule has 0 radical (unpaired) electrons. The van der Waals surface area contributed by atoms with Gasteiger partial charge >= 0.3 is 0 Å². The van der Waals surface area contributed by atoms with Crippen LogP contribution in [-0.4, -0.2) is 4.92 Å². The lowest BCUT2D eigenvalue weighted by Crippen LogP contribution is -2.30. The molecule has 0 aromatic heterocycles. The molecule has 34 heavy (non-hydrogen) atoms. The molecular weight excluding hydrogens is 558 g/mol. The average Bonchev–Trinajstić information content (AvgIpc) is 3.12. The maximum absolute atomic E-state index is 11.5. The molecule has 2 aliphatic rings. The van der Waals surface area contributed by atoms with E-state index in [-0.39, 0.29) is 28.5 Å². The highest BCUT2D eigenvalue weighted by Gasteiger charge is 2.46. The number of fused-ring (bicyclic) bond motifs is 3. The number of halogens is 5. The third-order valence-electron chi connectivity index (χ3n) is 6.15. The summed E-state index contributed by atoms with van der Waals surface area (Å²) in [7, 11) is 0. The van der Waals surface area contributed by atoms with E-state index in [4.69, 9.17) is 58.0 Å². The highest BCUT2D eigenvalue weighted by atomic mass is 35.5. The molecule has 0 saturated heterocycles. The van der Waals surface area contributed by atoms with Crippen molar-refractivity contribution in [1.29, 1.82) is 0 Å². The van der Waals surface area contributed by atoms with Crippen molar-refractivity contribution in [1.82, 2.24) is 0 Å². The van der Waals surface area contributed by atoms with Gasteiger partial charge in [0.15, 0.2) is 0 Å². The van der Waals surface area contributed by atoms with Crippen molar-refractivity contribution in [2.24, 2.45) is 5.92 Å². The van der Waals surface area contributed by atoms with Gasteiger partial charge in [0.2, 0.25) is 0 Å². The van der Waals surface area contributed by atoms with Gasteiger partial charge in [0.1, 0.15) is 0 Å². The van der Waals surface area contributed by atoms with Crippen LogP contribution in [0.5, 0.6) is 0 Å². The fourth-order valence-electron chi connectivity index (χ4n) is 4.71. The van der Waals surface area contributed by atoms with E-state index in [0.717, 1.165) is 21.7 Å². The highest BCUT2D eigenvalue weighted by Crippen LogP contribution is 2.61. The topological polar surface area (TPSA) is 55.2 Å². The maximum atomic E-state index is 11.5. The molecule has 3 aromatic rings. The van der Waals surface area contributed by atoms with Gasteiger partial charge in [-0.05, 0) is 47.7 Å². The van der Waals surface area contributed by atoms with Crippen LogP contribution >= 0.6 is 69.8 Å². The average molecular weight is 573 g/mol. The van der Waals surface area contributed by atoms with Crippen molar-refractivity contribution >= 4 is 81.1 Å². The number of nitrogens with one attached hydrogen (secondary N) is 1. The van der Waals surface area contributed by atoms with Crippen LogP contribution in [0.4, 0.5) is 11.4 Å². The lowest BCUT2D eigenvalue weighted by atomic mass is 9.77. The zero-order valence-electron chi connectivity index (χ0n) is 17.2. The number of rotatable bonds is 4. The number of hydrogen-bond donors (Lipinski definition) is 1. The molecule has 0 fully saturated rings. The Labute approximate surface area is 225 Å².